The van der Waals surface area contributed by atoms with E-state index in [2.05, 4.69) is 5.10 Å². The number of halogens is 9. The summed E-state index contributed by atoms with van der Waals surface area (Å²) in [6, 6.07) is 2.14. The second kappa shape index (κ2) is 7.41. The third kappa shape index (κ3) is 5.67. The third-order valence-corrected chi connectivity index (χ3v) is 5.04. The minimum Gasteiger partial charge on any atom is -0.272 e. The van der Waals surface area contributed by atoms with Gasteiger partial charge in [0.15, 0.2) is 0 Å². The van der Waals surface area contributed by atoms with Crippen LogP contribution in [-0.4, -0.2) is 26.7 Å². The van der Waals surface area contributed by atoms with Gasteiger partial charge in [-0.2, -0.15) is 22.7 Å². The molecule has 0 radical (unpaired) electrons. The van der Waals surface area contributed by atoms with Crippen molar-refractivity contribution in [2.45, 2.75) is 37.4 Å². The molecule has 0 amide bonds. The van der Waals surface area contributed by atoms with Gasteiger partial charge in [0.2, 0.25) is 0 Å². The fraction of sp³-hybridized carbons (Fsp3) is 0.462. The molecule has 8 nitrogen and oxygen atoms in total. The summed E-state index contributed by atoms with van der Waals surface area (Å²) in [5, 5.41) is 17.4. The number of nitrogens with one attached hydrogen (secondary N) is 1. The van der Waals surface area contributed by atoms with Crippen LogP contribution in [0.1, 0.15) is 26.2 Å². The quantitative estimate of drug-likeness (QED) is 0.164. The van der Waals surface area contributed by atoms with Gasteiger partial charge in [-0.05, 0) is 18.9 Å². The average molecular weight is 492 g/mol. The monoisotopic (exact) mass is 492 g/mol. The molecule has 31 heavy (non-hydrogen) atoms. The van der Waals surface area contributed by atoms with Crippen molar-refractivity contribution in [3.8, 4) is 0 Å². The van der Waals surface area contributed by atoms with Crippen LogP contribution in [0.4, 0.5) is 54.1 Å². The molecule has 0 fully saturated rings. The molecular formula is C13H13F9N4O4S. The molecule has 0 saturated carbocycles. The van der Waals surface area contributed by atoms with E-state index in [0.29, 0.717) is 6.07 Å². The van der Waals surface area contributed by atoms with Gasteiger partial charge in [-0.25, -0.2) is 0 Å². The van der Waals surface area contributed by atoms with Crippen molar-refractivity contribution in [1.29, 1.82) is 0 Å². The Morgan fingerprint density at radius 3 is 2.03 bits per heavy atom. The van der Waals surface area contributed by atoms with Crippen LogP contribution in [0.3, 0.4) is 0 Å². The molecule has 1 aromatic rings. The molecule has 1 N–H and O–H groups in total. The fourth-order valence-corrected chi connectivity index (χ4v) is 2.73. The first-order valence-corrected chi connectivity index (χ1v) is 9.81. The summed E-state index contributed by atoms with van der Waals surface area (Å²) in [4.78, 5) is 19.6. The Bertz CT molecular complexity index is 922. The summed E-state index contributed by atoms with van der Waals surface area (Å²) in [5.41, 5.74) is -0.626. The first-order chi connectivity index (χ1) is 13.6. The molecule has 1 rings (SSSR count). The highest BCUT2D eigenvalue weighted by molar-refractivity contribution is 8.46. The number of hydrogen-bond donors (Lipinski definition) is 1. The lowest BCUT2D eigenvalue weighted by Crippen LogP contribution is -2.49. The van der Waals surface area contributed by atoms with Crippen LogP contribution in [0.2, 0.25) is 0 Å². The van der Waals surface area contributed by atoms with Crippen molar-refractivity contribution in [2.24, 2.45) is 5.10 Å². The van der Waals surface area contributed by atoms with E-state index in [9.17, 15) is 57.2 Å². The Hall–Kier alpha value is -2.79. The number of nitro groups is 2. The van der Waals surface area contributed by atoms with E-state index in [0.717, 1.165) is 12.1 Å². The molecule has 0 unspecified atom stereocenters. The van der Waals surface area contributed by atoms with Gasteiger partial charge in [0.1, 0.15) is 5.69 Å². The van der Waals surface area contributed by atoms with Crippen LogP contribution in [-0.2, 0) is 0 Å². The lowest BCUT2D eigenvalue weighted by Gasteiger charge is -2.48. The largest absolute Gasteiger partial charge is 0.443 e. The van der Waals surface area contributed by atoms with Gasteiger partial charge in [-0.1, -0.05) is 26.4 Å². The molecule has 0 spiro atoms. The van der Waals surface area contributed by atoms with E-state index in [1.807, 2.05) is 5.43 Å². The average Bonchev–Trinajstić information content (AvgIpc) is 2.59. The standard InChI is InChI=1S/C13H13F9N4O4S/c1-2-8(5-6-12(14,15)13(16,17)31(18,19,20,21)22)23-24-10-4-3-9(25(27)28)7-11(10)26(29)30/h3-4,7,24H,2,5-6H2,1H3/b23-8+. The minimum absolute atomic E-state index is 0.341. The Morgan fingerprint density at radius 1 is 1.06 bits per heavy atom. The Kier molecular flexibility index (Phi) is 6.28. The molecule has 1 aromatic carbocycles. The maximum absolute atomic E-state index is 13.4. The normalized spacial score (nSPS) is 15.7. The zero-order chi connectivity index (χ0) is 24.5. The predicted octanol–water partition coefficient (Wildman–Crippen LogP) is 6.99. The van der Waals surface area contributed by atoms with E-state index >= 15 is 0 Å². The van der Waals surface area contributed by atoms with Crippen molar-refractivity contribution in [3.05, 3.63) is 38.4 Å². The fourth-order valence-electron chi connectivity index (χ4n) is 2.06. The maximum Gasteiger partial charge on any atom is 0.443 e. The van der Waals surface area contributed by atoms with E-state index in [1.54, 1.807) is 0 Å². The van der Waals surface area contributed by atoms with Gasteiger partial charge < -0.3 is 0 Å². The summed E-state index contributed by atoms with van der Waals surface area (Å²) in [6.45, 7) is 1.20. The highest BCUT2D eigenvalue weighted by atomic mass is 32.5. The number of anilines is 1. The summed E-state index contributed by atoms with van der Waals surface area (Å²) < 4.78 is 114. The number of alkyl halides is 4. The molecule has 0 atom stereocenters. The zero-order valence-electron chi connectivity index (χ0n) is 15.1. The summed E-state index contributed by atoms with van der Waals surface area (Å²) in [7, 11) is -11.9. The number of hydrogen-bond acceptors (Lipinski definition) is 6. The first kappa shape index (κ1) is 26.2. The second-order valence-corrected chi connectivity index (χ2v) is 8.50. The molecule has 178 valence electrons. The topological polar surface area (TPSA) is 111 Å². The maximum atomic E-state index is 13.4. The smallest absolute Gasteiger partial charge is 0.272 e. The number of rotatable bonds is 10. The van der Waals surface area contributed by atoms with Crippen LogP contribution in [0.15, 0.2) is 23.3 Å². The summed E-state index contributed by atoms with van der Waals surface area (Å²) in [6.07, 6.45) is -4.01. The Morgan fingerprint density at radius 2 is 1.61 bits per heavy atom. The van der Waals surface area contributed by atoms with Crippen molar-refractivity contribution in [1.82, 2.24) is 0 Å². The number of nitrogens with zero attached hydrogens (tertiary/aromatic N) is 3. The van der Waals surface area contributed by atoms with Gasteiger partial charge in [0, 0.05) is 18.2 Å². The number of non-ortho nitro benzene ring substituents is 1. The van der Waals surface area contributed by atoms with Gasteiger partial charge in [0.05, 0.1) is 15.9 Å². The zero-order valence-corrected chi connectivity index (χ0v) is 16.0. The molecule has 0 bridgehead atoms. The van der Waals surface area contributed by atoms with Gasteiger partial charge >= 0.3 is 27.1 Å². The lowest BCUT2D eigenvalue weighted by atomic mass is 10.1. The van der Waals surface area contributed by atoms with Gasteiger partial charge in [0.25, 0.3) is 5.69 Å². The van der Waals surface area contributed by atoms with Crippen molar-refractivity contribution >= 4 is 33.0 Å². The Labute approximate surface area is 167 Å². The van der Waals surface area contributed by atoms with Gasteiger partial charge in [-0.15, -0.1) is 0 Å². The number of benzene rings is 1. The molecule has 0 aliphatic rings. The van der Waals surface area contributed by atoms with Crippen molar-refractivity contribution in [2.75, 3.05) is 5.43 Å². The van der Waals surface area contributed by atoms with Crippen LogP contribution >= 0.6 is 10.2 Å². The molecule has 0 saturated heterocycles. The molecule has 0 aliphatic carbocycles. The van der Waals surface area contributed by atoms with E-state index in [-0.39, 0.29) is 6.42 Å². The highest BCUT2D eigenvalue weighted by Crippen LogP contribution is 3.05. The third-order valence-electron chi connectivity index (χ3n) is 3.77. The van der Waals surface area contributed by atoms with Crippen molar-refractivity contribution in [3.63, 3.8) is 0 Å². The van der Waals surface area contributed by atoms with Crippen LogP contribution in [0.5, 0.6) is 0 Å². The number of hydrazone groups is 1. The first-order valence-electron chi connectivity index (χ1n) is 7.86. The lowest BCUT2D eigenvalue weighted by molar-refractivity contribution is -0.393. The van der Waals surface area contributed by atoms with E-state index < -0.39 is 66.9 Å². The predicted molar refractivity (Wildman–Crippen MR) is 93.4 cm³/mol. The summed E-state index contributed by atoms with van der Waals surface area (Å²) >= 11 is 0. The molecule has 0 aliphatic heterocycles. The second-order valence-electron chi connectivity index (χ2n) is 6.05. The van der Waals surface area contributed by atoms with E-state index in [1.165, 1.54) is 6.92 Å². The van der Waals surface area contributed by atoms with E-state index in [4.69, 9.17) is 0 Å². The van der Waals surface area contributed by atoms with Crippen LogP contribution in [0, 0.1) is 20.2 Å². The molecular weight excluding hydrogens is 479 g/mol. The van der Waals surface area contributed by atoms with Crippen molar-refractivity contribution < 1.29 is 46.8 Å². The summed E-state index contributed by atoms with van der Waals surface area (Å²) in [5.74, 6) is -6.17. The number of nitro benzene ring substituents is 2. The molecule has 0 heterocycles. The Balaban J connectivity index is 3.11. The van der Waals surface area contributed by atoms with Gasteiger partial charge in [-0.3, -0.25) is 25.7 Å². The van der Waals surface area contributed by atoms with Crippen LogP contribution < -0.4 is 5.43 Å². The molecule has 0 aromatic heterocycles. The molecule has 18 heteroatoms. The minimum atomic E-state index is -11.9. The van der Waals surface area contributed by atoms with Crippen LogP contribution in [0.25, 0.3) is 0 Å². The SMILES string of the molecule is CC/C(CCC(F)(F)C(F)(F)S(F)(F)(F)(F)F)=N\Nc1ccc([N+](=O)[O-])cc1[N+](=O)[O-]. The highest BCUT2D eigenvalue weighted by Gasteiger charge is 2.90.